The Morgan fingerprint density at radius 2 is 0.600 bits per heavy atom. The van der Waals surface area contributed by atoms with Crippen molar-refractivity contribution in [2.75, 3.05) is 12.3 Å². The molecule has 1 atom stereocenters. The molecule has 0 saturated heterocycles. The van der Waals surface area contributed by atoms with Gasteiger partial charge in [-0.25, -0.2) is 0 Å². The third-order valence-electron chi connectivity index (χ3n) is 4.82. The molecule has 0 spiro atoms. The van der Waals surface area contributed by atoms with Crippen LogP contribution in [0.5, 0.6) is 0 Å². The lowest BCUT2D eigenvalue weighted by Gasteiger charge is -2.24. The van der Waals surface area contributed by atoms with Crippen LogP contribution in [0.15, 0.2) is 121 Å². The van der Waals surface area contributed by atoms with E-state index in [4.69, 9.17) is 0 Å². The molecule has 4 aromatic carbocycles. The molecular weight excluding hydrogens is 532 g/mol. The van der Waals surface area contributed by atoms with E-state index in [1.165, 1.54) is 33.5 Å². The molecule has 0 aliphatic rings. The SMILES string of the molecule is PI.c1ccc(P(CCP(c2ccccc2)c2ccccc2)c2ccccc2)cc1. The van der Waals surface area contributed by atoms with E-state index in [1.54, 1.807) is 0 Å². The normalized spacial score (nSPS) is 10.5. The molecule has 0 amide bonds. The second-order valence-electron chi connectivity index (χ2n) is 6.65. The zero-order valence-corrected chi connectivity index (χ0v) is 21.9. The topological polar surface area (TPSA) is 0 Å². The van der Waals surface area contributed by atoms with Crippen LogP contribution >= 0.6 is 44.8 Å². The summed E-state index contributed by atoms with van der Waals surface area (Å²) >= 11 is 2.07. The highest BCUT2D eigenvalue weighted by Crippen LogP contribution is 2.41. The van der Waals surface area contributed by atoms with Gasteiger partial charge in [-0.05, 0) is 49.4 Å². The number of rotatable bonds is 7. The number of benzene rings is 4. The molecule has 0 saturated carbocycles. The van der Waals surface area contributed by atoms with Gasteiger partial charge in [-0.15, -0.1) is 0 Å². The molecule has 0 aliphatic carbocycles. The lowest BCUT2D eigenvalue weighted by Crippen LogP contribution is -2.19. The van der Waals surface area contributed by atoms with Crippen LogP contribution in [-0.4, -0.2) is 12.3 Å². The van der Waals surface area contributed by atoms with E-state index < -0.39 is 0 Å². The average molecular weight is 558 g/mol. The maximum atomic E-state index is 2.39. The Kier molecular flexibility index (Phi) is 10.5. The summed E-state index contributed by atoms with van der Waals surface area (Å²) in [5.41, 5.74) is 0. The number of hydrogen-bond donors (Lipinski definition) is 0. The van der Waals surface area contributed by atoms with Gasteiger partial charge in [-0.3, -0.25) is 0 Å². The van der Waals surface area contributed by atoms with E-state index in [0.29, 0.717) is 0 Å². The maximum Gasteiger partial charge on any atom is -0.0195 e. The van der Waals surface area contributed by atoms with Crippen molar-refractivity contribution in [3.8, 4) is 0 Å². The Morgan fingerprint density at radius 1 is 0.400 bits per heavy atom. The first-order chi connectivity index (χ1) is 14.9. The zero-order chi connectivity index (χ0) is 21.0. The Balaban J connectivity index is 0.00000124. The van der Waals surface area contributed by atoms with E-state index >= 15 is 0 Å². The van der Waals surface area contributed by atoms with Crippen molar-refractivity contribution >= 4 is 66.0 Å². The summed E-state index contributed by atoms with van der Waals surface area (Å²) in [6.07, 6.45) is 2.41. The van der Waals surface area contributed by atoms with Crippen molar-refractivity contribution in [2.45, 2.75) is 0 Å². The first-order valence-electron chi connectivity index (χ1n) is 9.89. The molecule has 0 bridgehead atoms. The molecule has 0 nitrogen and oxygen atoms in total. The van der Waals surface area contributed by atoms with Crippen LogP contribution in [0.3, 0.4) is 0 Å². The first kappa shape index (κ1) is 23.6. The van der Waals surface area contributed by atoms with Gasteiger partial charge in [0.1, 0.15) is 0 Å². The highest BCUT2D eigenvalue weighted by Gasteiger charge is 2.18. The largest absolute Gasteiger partial charge is 0.0702 e. The molecule has 0 radical (unpaired) electrons. The Hall–Kier alpha value is -1.10. The Morgan fingerprint density at radius 3 is 0.800 bits per heavy atom. The zero-order valence-electron chi connectivity index (χ0n) is 16.8. The summed E-state index contributed by atoms with van der Waals surface area (Å²) in [6, 6.07) is 44.2. The highest BCUT2D eigenvalue weighted by atomic mass is 127. The van der Waals surface area contributed by atoms with Crippen LogP contribution in [0.25, 0.3) is 0 Å². The number of hydrogen-bond acceptors (Lipinski definition) is 0. The van der Waals surface area contributed by atoms with Crippen molar-refractivity contribution in [3.05, 3.63) is 121 Å². The smallest absolute Gasteiger partial charge is 0.0195 e. The van der Waals surface area contributed by atoms with Crippen LogP contribution in [0.1, 0.15) is 0 Å². The van der Waals surface area contributed by atoms with Crippen molar-refractivity contribution in [2.24, 2.45) is 0 Å². The molecule has 0 aromatic heterocycles. The van der Waals surface area contributed by atoms with Crippen molar-refractivity contribution in [1.82, 2.24) is 0 Å². The molecule has 0 fully saturated rings. The molecular formula is C26H26IP3. The summed E-state index contributed by atoms with van der Waals surface area (Å²) < 4.78 is 0. The second kappa shape index (κ2) is 13.3. The van der Waals surface area contributed by atoms with Crippen molar-refractivity contribution < 1.29 is 0 Å². The van der Waals surface area contributed by atoms with Gasteiger partial charge < -0.3 is 0 Å². The summed E-state index contributed by atoms with van der Waals surface area (Å²) in [6.45, 7) is 2.39. The number of halogens is 1. The maximum absolute atomic E-state index is 2.39. The summed E-state index contributed by atoms with van der Waals surface area (Å²) in [7, 11) is -0.696. The van der Waals surface area contributed by atoms with Crippen molar-refractivity contribution in [1.29, 1.82) is 0 Å². The molecule has 4 rings (SSSR count). The van der Waals surface area contributed by atoms with E-state index in [0.717, 1.165) is 0 Å². The molecule has 1 unspecified atom stereocenters. The molecule has 0 N–H and O–H groups in total. The molecule has 4 heteroatoms. The minimum Gasteiger partial charge on any atom is -0.0702 e. The van der Waals surface area contributed by atoms with Crippen LogP contribution in [0.2, 0.25) is 0 Å². The minimum atomic E-state index is -0.348. The quantitative estimate of drug-likeness (QED) is 0.181. The van der Waals surface area contributed by atoms with E-state index in [1.807, 2.05) is 0 Å². The first-order valence-corrected chi connectivity index (χ1v) is 17.1. The van der Waals surface area contributed by atoms with Crippen LogP contribution in [-0.2, 0) is 0 Å². The van der Waals surface area contributed by atoms with Gasteiger partial charge in [0.2, 0.25) is 0 Å². The van der Waals surface area contributed by atoms with Crippen LogP contribution < -0.4 is 21.2 Å². The van der Waals surface area contributed by atoms with Gasteiger partial charge in [0.25, 0.3) is 0 Å². The molecule has 0 aliphatic heterocycles. The van der Waals surface area contributed by atoms with Crippen LogP contribution in [0.4, 0.5) is 0 Å². The highest BCUT2D eigenvalue weighted by molar-refractivity contribution is 14.2. The fraction of sp³-hybridized carbons (Fsp3) is 0.0769. The van der Waals surface area contributed by atoms with E-state index in [9.17, 15) is 0 Å². The Labute approximate surface area is 198 Å². The molecule has 30 heavy (non-hydrogen) atoms. The van der Waals surface area contributed by atoms with Crippen molar-refractivity contribution in [3.63, 3.8) is 0 Å². The van der Waals surface area contributed by atoms with Gasteiger partial charge in [0.05, 0.1) is 0 Å². The second-order valence-corrected chi connectivity index (χ2v) is 11.3. The molecule has 0 heterocycles. The summed E-state index contributed by atoms with van der Waals surface area (Å²) in [5.74, 6) is 0. The third-order valence-corrected chi connectivity index (χ3v) is 10.2. The van der Waals surface area contributed by atoms with Crippen LogP contribution in [0, 0.1) is 0 Å². The summed E-state index contributed by atoms with van der Waals surface area (Å²) in [5, 5.41) is 5.89. The lowest BCUT2D eigenvalue weighted by molar-refractivity contribution is 1.51. The monoisotopic (exact) mass is 558 g/mol. The predicted octanol–water partition coefficient (Wildman–Crippen LogP) is 6.46. The fourth-order valence-electron chi connectivity index (χ4n) is 3.45. The average Bonchev–Trinajstić information content (AvgIpc) is 2.85. The van der Waals surface area contributed by atoms with E-state index in [2.05, 4.69) is 150 Å². The lowest BCUT2D eigenvalue weighted by atomic mass is 10.4. The van der Waals surface area contributed by atoms with Gasteiger partial charge >= 0.3 is 0 Å². The predicted molar refractivity (Wildman–Crippen MR) is 152 cm³/mol. The van der Waals surface area contributed by atoms with Gasteiger partial charge in [0, 0.05) is 0 Å². The van der Waals surface area contributed by atoms with Gasteiger partial charge in [-0.1, -0.05) is 150 Å². The standard InChI is InChI=1S/C26H24P2.H2IP/c1-5-13-23(14-6-1)27(24-15-7-2-8-16-24)21-22-28(25-17-9-3-10-18-25)26-19-11-4-12-20-26;1-2/h1-20H,21-22H2;2H2. The Bertz CT molecular complexity index is 802. The van der Waals surface area contributed by atoms with E-state index in [-0.39, 0.29) is 15.8 Å². The minimum absolute atomic E-state index is 0.348. The summed E-state index contributed by atoms with van der Waals surface area (Å²) in [4.78, 5) is 0. The fourth-order valence-corrected chi connectivity index (χ4v) is 8.80. The molecule has 152 valence electrons. The van der Waals surface area contributed by atoms with Gasteiger partial charge in [-0.2, -0.15) is 0 Å². The third kappa shape index (κ3) is 6.70. The van der Waals surface area contributed by atoms with Gasteiger partial charge in [0.15, 0.2) is 0 Å². The molecule has 4 aromatic rings.